The Balaban J connectivity index is 1.14. The number of anilines is 2. The molecule has 1 aromatic carbocycles. The molecule has 3 heterocycles. The van der Waals surface area contributed by atoms with Crippen LogP contribution in [0.5, 0.6) is 11.5 Å². The van der Waals surface area contributed by atoms with Crippen LogP contribution in [-0.4, -0.2) is 65.5 Å². The zero-order valence-electron chi connectivity index (χ0n) is 25.0. The van der Waals surface area contributed by atoms with Crippen molar-refractivity contribution in [2.24, 2.45) is 5.41 Å². The lowest BCUT2D eigenvalue weighted by Crippen LogP contribution is -2.51. The number of carbonyl (C=O) groups excluding carboxylic acids is 2. The summed E-state index contributed by atoms with van der Waals surface area (Å²) in [7, 11) is 0. The first kappa shape index (κ1) is 32.0. The lowest BCUT2D eigenvalue weighted by atomic mass is 10.00. The molecule has 0 unspecified atom stereocenters. The summed E-state index contributed by atoms with van der Waals surface area (Å²) in [5.41, 5.74) is 1.87. The highest BCUT2D eigenvalue weighted by molar-refractivity contribution is 5.97. The lowest BCUT2D eigenvalue weighted by molar-refractivity contribution is -0.124. The Kier molecular flexibility index (Phi) is 10.4. The van der Waals surface area contributed by atoms with Crippen molar-refractivity contribution in [3.8, 4) is 11.5 Å². The zero-order chi connectivity index (χ0) is 31.8. The van der Waals surface area contributed by atoms with Crippen molar-refractivity contribution in [1.29, 1.82) is 0 Å². The molecule has 13 heteroatoms. The summed E-state index contributed by atoms with van der Waals surface area (Å²) in [4.78, 5) is 39.5. The van der Waals surface area contributed by atoms with E-state index in [0.29, 0.717) is 44.0 Å². The average molecular weight is 627 g/mol. The Morgan fingerprint density at radius 1 is 1.09 bits per heavy atom. The van der Waals surface area contributed by atoms with E-state index in [0.717, 1.165) is 38.1 Å². The van der Waals surface area contributed by atoms with Gasteiger partial charge in [-0.25, -0.2) is 22.9 Å². The molecule has 240 valence electrons. The quantitative estimate of drug-likeness (QED) is 0.195. The summed E-state index contributed by atoms with van der Waals surface area (Å²) < 4.78 is 47.9. The van der Waals surface area contributed by atoms with Crippen LogP contribution in [0.1, 0.15) is 39.0 Å². The highest BCUT2D eigenvalue weighted by Gasteiger charge is 2.50. The molecule has 0 spiro atoms. The molecule has 0 bridgehead atoms. The van der Waals surface area contributed by atoms with E-state index in [1.54, 1.807) is 24.0 Å². The molecule has 1 aliphatic carbocycles. The number of halogens is 3. The Labute approximate surface area is 259 Å². The number of amides is 3. The number of benzene rings is 1. The molecule has 3 fully saturated rings. The first-order valence-electron chi connectivity index (χ1n) is 15.0. The molecule has 3 N–H and O–H groups in total. The molecule has 5 rings (SSSR count). The number of nitrogens with zero attached hydrogens (tertiary/aromatic N) is 3. The van der Waals surface area contributed by atoms with Gasteiger partial charge in [0.25, 0.3) is 0 Å². The molecule has 0 atom stereocenters. The molecule has 2 aliphatic heterocycles. The molecule has 2 aromatic rings. The summed E-state index contributed by atoms with van der Waals surface area (Å²) in [6, 6.07) is 4.82. The first-order valence-corrected chi connectivity index (χ1v) is 15.0. The van der Waals surface area contributed by atoms with Gasteiger partial charge in [0.2, 0.25) is 5.91 Å². The highest BCUT2D eigenvalue weighted by Crippen LogP contribution is 2.47. The van der Waals surface area contributed by atoms with Gasteiger partial charge in [-0.05, 0) is 76.4 Å². The van der Waals surface area contributed by atoms with Crippen molar-refractivity contribution in [3.63, 3.8) is 0 Å². The van der Waals surface area contributed by atoms with E-state index in [4.69, 9.17) is 9.57 Å². The van der Waals surface area contributed by atoms with Crippen molar-refractivity contribution < 1.29 is 32.3 Å². The third kappa shape index (κ3) is 8.22. The van der Waals surface area contributed by atoms with Crippen LogP contribution in [0, 0.1) is 17.0 Å². The van der Waals surface area contributed by atoms with Crippen molar-refractivity contribution in [2.45, 2.75) is 45.1 Å². The van der Waals surface area contributed by atoms with E-state index in [2.05, 4.69) is 26.0 Å². The van der Waals surface area contributed by atoms with Crippen LogP contribution >= 0.6 is 0 Å². The van der Waals surface area contributed by atoms with Crippen molar-refractivity contribution in [3.05, 3.63) is 78.4 Å². The number of allylic oxidation sites excluding steroid dienone is 4. The number of urea groups is 1. The normalized spacial score (nSPS) is 18.6. The maximum atomic E-state index is 15.0. The van der Waals surface area contributed by atoms with Gasteiger partial charge < -0.3 is 19.9 Å². The molecule has 0 radical (unpaired) electrons. The summed E-state index contributed by atoms with van der Waals surface area (Å²) in [5.74, 6) is -2.36. The number of pyridine rings is 1. The fourth-order valence-corrected chi connectivity index (χ4v) is 5.24. The standard InChI is InChI=1S/C32H37F3N6O4/c1-2-5-22(6-3-12-33)39-44-21-32(10-11-32)30(42)37-27-19-26(35)28(20-25(27)34)45-24-7-13-36-29(18-24)38-31(43)41-16-8-23(9-17-41)40-14-4-15-40/h2-3,5-7,12-13,18-20,23,39H,4,8-11,14-17,21H2,1H3,(H,37,42)(H,36,38,43)/b5-2-,12-3+,22-6+. The van der Waals surface area contributed by atoms with Gasteiger partial charge in [-0.3, -0.25) is 20.4 Å². The average Bonchev–Trinajstić information content (AvgIpc) is 3.79. The van der Waals surface area contributed by atoms with Crippen LogP contribution in [-0.2, 0) is 9.63 Å². The number of carbonyl (C=O) groups is 2. The van der Waals surface area contributed by atoms with Gasteiger partial charge in [0, 0.05) is 43.5 Å². The molecule has 10 nitrogen and oxygen atoms in total. The van der Waals surface area contributed by atoms with Crippen LogP contribution in [0.2, 0.25) is 0 Å². The maximum absolute atomic E-state index is 15.0. The Morgan fingerprint density at radius 3 is 2.53 bits per heavy atom. The smallest absolute Gasteiger partial charge is 0.323 e. The van der Waals surface area contributed by atoms with E-state index in [-0.39, 0.29) is 29.9 Å². The molecular weight excluding hydrogens is 589 g/mol. The number of piperidine rings is 1. The van der Waals surface area contributed by atoms with E-state index >= 15 is 0 Å². The number of rotatable bonds is 12. The van der Waals surface area contributed by atoms with Crippen molar-refractivity contribution >= 4 is 23.4 Å². The molecule has 3 amide bonds. The summed E-state index contributed by atoms with van der Waals surface area (Å²) in [6.07, 6.45) is 11.9. The van der Waals surface area contributed by atoms with Gasteiger partial charge in [0.05, 0.1) is 29.7 Å². The Morgan fingerprint density at radius 2 is 1.87 bits per heavy atom. The van der Waals surface area contributed by atoms with Gasteiger partial charge in [-0.2, -0.15) is 0 Å². The number of aromatic nitrogens is 1. The monoisotopic (exact) mass is 626 g/mol. The number of hydrogen-bond acceptors (Lipinski definition) is 7. The second kappa shape index (κ2) is 14.6. The van der Waals surface area contributed by atoms with E-state index in [9.17, 15) is 22.8 Å². The topological polar surface area (TPSA) is 108 Å². The lowest BCUT2D eigenvalue weighted by Gasteiger charge is -2.42. The van der Waals surface area contributed by atoms with Crippen molar-refractivity contribution in [1.82, 2.24) is 20.3 Å². The summed E-state index contributed by atoms with van der Waals surface area (Å²) >= 11 is 0. The third-order valence-electron chi connectivity index (χ3n) is 8.19. The van der Waals surface area contributed by atoms with Crippen LogP contribution in [0.4, 0.5) is 29.5 Å². The highest BCUT2D eigenvalue weighted by atomic mass is 19.1. The molecular formula is C32H37F3N6O4. The molecule has 1 saturated carbocycles. The SMILES string of the molecule is C\C=C/C(=C\C=C\F)NOCC1(C(=O)Nc2cc(F)c(Oc3ccnc(NC(=O)N4CCC(N5CCC5)CC4)c3)cc2F)CC1. The minimum absolute atomic E-state index is 0.0316. The second-order valence-electron chi connectivity index (χ2n) is 11.3. The first-order chi connectivity index (χ1) is 21.8. The summed E-state index contributed by atoms with van der Waals surface area (Å²) in [5, 5.41) is 5.20. The van der Waals surface area contributed by atoms with Crippen LogP contribution < -0.4 is 20.9 Å². The predicted octanol–water partition coefficient (Wildman–Crippen LogP) is 6.04. The molecule has 1 aromatic heterocycles. The number of nitrogens with one attached hydrogen (secondary N) is 3. The molecule has 2 saturated heterocycles. The van der Waals surface area contributed by atoms with Gasteiger partial charge >= 0.3 is 6.03 Å². The summed E-state index contributed by atoms with van der Waals surface area (Å²) in [6.45, 7) is 5.30. The van der Waals surface area contributed by atoms with Gasteiger partial charge in [0.15, 0.2) is 17.4 Å². The van der Waals surface area contributed by atoms with Crippen LogP contribution in [0.25, 0.3) is 0 Å². The third-order valence-corrected chi connectivity index (χ3v) is 8.19. The fraction of sp³-hybridized carbons (Fsp3) is 0.406. The minimum Gasteiger partial charge on any atom is -0.454 e. The van der Waals surface area contributed by atoms with Crippen LogP contribution in [0.15, 0.2) is 66.8 Å². The maximum Gasteiger partial charge on any atom is 0.323 e. The fourth-order valence-electron chi connectivity index (χ4n) is 5.24. The van der Waals surface area contributed by atoms with Gasteiger partial charge in [-0.1, -0.05) is 6.08 Å². The minimum atomic E-state index is -0.912. The molecule has 3 aliphatic rings. The number of hydrogen-bond donors (Lipinski definition) is 3. The largest absolute Gasteiger partial charge is 0.454 e. The van der Waals surface area contributed by atoms with E-state index < -0.39 is 28.7 Å². The van der Waals surface area contributed by atoms with Crippen LogP contribution in [0.3, 0.4) is 0 Å². The zero-order valence-corrected chi connectivity index (χ0v) is 25.0. The molecule has 45 heavy (non-hydrogen) atoms. The number of ether oxygens (including phenoxy) is 1. The van der Waals surface area contributed by atoms with E-state index in [1.165, 1.54) is 36.9 Å². The number of likely N-dealkylation sites (tertiary alicyclic amines) is 2. The van der Waals surface area contributed by atoms with Gasteiger partial charge in [-0.15, -0.1) is 0 Å². The van der Waals surface area contributed by atoms with Gasteiger partial charge in [0.1, 0.15) is 11.6 Å². The second-order valence-corrected chi connectivity index (χ2v) is 11.3. The Bertz CT molecular complexity index is 1470. The van der Waals surface area contributed by atoms with Crippen molar-refractivity contribution in [2.75, 3.05) is 43.4 Å². The number of hydroxylamine groups is 1. The predicted molar refractivity (Wildman–Crippen MR) is 163 cm³/mol. The van der Waals surface area contributed by atoms with E-state index in [1.807, 2.05) is 0 Å². The Hall–Kier alpha value is -4.36.